The van der Waals surface area contributed by atoms with Gasteiger partial charge in [0.15, 0.2) is 0 Å². The summed E-state index contributed by atoms with van der Waals surface area (Å²) in [5.41, 5.74) is 2.24. The van der Waals surface area contributed by atoms with Crippen LogP contribution in [0.1, 0.15) is 24.2 Å². The van der Waals surface area contributed by atoms with E-state index in [9.17, 15) is 5.11 Å². The lowest BCUT2D eigenvalue weighted by Gasteiger charge is -2.19. The van der Waals surface area contributed by atoms with Gasteiger partial charge < -0.3 is 5.11 Å². The molecule has 18 heavy (non-hydrogen) atoms. The molecule has 0 spiro atoms. The van der Waals surface area contributed by atoms with Gasteiger partial charge in [0, 0.05) is 4.47 Å². The summed E-state index contributed by atoms with van der Waals surface area (Å²) in [6.45, 7) is 2.08. The Bertz CT molecular complexity index is 478. The first-order valence-corrected chi connectivity index (χ1v) is 6.93. The number of hydrogen-bond acceptors (Lipinski definition) is 1. The number of hydrogen-bond donors (Lipinski definition) is 1. The van der Waals surface area contributed by atoms with Crippen LogP contribution in [0.15, 0.2) is 59.1 Å². The smallest absolute Gasteiger partial charge is 0.0818 e. The van der Waals surface area contributed by atoms with E-state index in [4.69, 9.17) is 0 Å². The Morgan fingerprint density at radius 2 is 1.61 bits per heavy atom. The molecule has 0 bridgehead atoms. The van der Waals surface area contributed by atoms with Gasteiger partial charge in [0.25, 0.3) is 0 Å². The van der Waals surface area contributed by atoms with Crippen LogP contribution in [0, 0.1) is 5.92 Å². The normalized spacial score (nSPS) is 14.2. The average molecular weight is 305 g/mol. The van der Waals surface area contributed by atoms with Crippen molar-refractivity contribution in [1.82, 2.24) is 0 Å². The molecular weight excluding hydrogens is 288 g/mol. The molecule has 2 aromatic rings. The molecule has 0 radical (unpaired) electrons. The van der Waals surface area contributed by atoms with Gasteiger partial charge in [0.1, 0.15) is 0 Å². The van der Waals surface area contributed by atoms with E-state index in [-0.39, 0.29) is 5.92 Å². The lowest BCUT2D eigenvalue weighted by Crippen LogP contribution is -2.11. The molecule has 0 saturated heterocycles. The molecule has 0 aromatic heterocycles. The van der Waals surface area contributed by atoms with Crippen molar-refractivity contribution in [3.05, 3.63) is 70.2 Å². The lowest BCUT2D eigenvalue weighted by molar-refractivity contribution is 0.117. The van der Waals surface area contributed by atoms with E-state index < -0.39 is 6.10 Å². The van der Waals surface area contributed by atoms with Crippen molar-refractivity contribution in [2.24, 2.45) is 5.92 Å². The van der Waals surface area contributed by atoms with Crippen LogP contribution in [-0.2, 0) is 6.42 Å². The number of benzene rings is 2. The predicted molar refractivity (Wildman–Crippen MR) is 78.4 cm³/mol. The Balaban J connectivity index is 2.03. The Morgan fingerprint density at radius 1 is 1.00 bits per heavy atom. The Kier molecular flexibility index (Phi) is 4.56. The third-order valence-electron chi connectivity index (χ3n) is 3.15. The first-order valence-electron chi connectivity index (χ1n) is 6.14. The van der Waals surface area contributed by atoms with Gasteiger partial charge in [-0.1, -0.05) is 65.3 Å². The molecule has 0 aliphatic heterocycles. The number of aliphatic hydroxyl groups excluding tert-OH is 1. The quantitative estimate of drug-likeness (QED) is 0.890. The summed E-state index contributed by atoms with van der Waals surface area (Å²) in [5, 5.41) is 10.3. The molecule has 0 aliphatic carbocycles. The minimum Gasteiger partial charge on any atom is -0.388 e. The van der Waals surface area contributed by atoms with Crippen LogP contribution >= 0.6 is 15.9 Å². The molecule has 2 aromatic carbocycles. The summed E-state index contributed by atoms with van der Waals surface area (Å²) < 4.78 is 1.09. The number of aliphatic hydroxyl groups is 1. The summed E-state index contributed by atoms with van der Waals surface area (Å²) >= 11 is 3.43. The van der Waals surface area contributed by atoms with Gasteiger partial charge in [-0.25, -0.2) is 0 Å². The Hall–Kier alpha value is -1.12. The first-order chi connectivity index (χ1) is 8.66. The van der Waals surface area contributed by atoms with Gasteiger partial charge in [-0.15, -0.1) is 0 Å². The summed E-state index contributed by atoms with van der Waals surface area (Å²) in [4.78, 5) is 0. The molecule has 94 valence electrons. The van der Waals surface area contributed by atoms with E-state index in [0.717, 1.165) is 16.5 Å². The third kappa shape index (κ3) is 3.44. The predicted octanol–water partition coefficient (Wildman–Crippen LogP) is 4.36. The van der Waals surface area contributed by atoms with Gasteiger partial charge in [-0.3, -0.25) is 0 Å². The van der Waals surface area contributed by atoms with E-state index in [2.05, 4.69) is 35.0 Å². The van der Waals surface area contributed by atoms with E-state index in [1.807, 2.05) is 42.5 Å². The van der Waals surface area contributed by atoms with Crippen molar-refractivity contribution in [3.63, 3.8) is 0 Å². The third-order valence-corrected chi connectivity index (χ3v) is 3.68. The molecule has 0 saturated carbocycles. The maximum absolute atomic E-state index is 10.3. The van der Waals surface area contributed by atoms with Crippen LogP contribution in [0.2, 0.25) is 0 Å². The minimum atomic E-state index is -0.408. The summed E-state index contributed by atoms with van der Waals surface area (Å²) in [7, 11) is 0. The molecule has 2 rings (SSSR count). The van der Waals surface area contributed by atoms with E-state index in [1.165, 1.54) is 5.56 Å². The van der Waals surface area contributed by atoms with E-state index in [1.54, 1.807) is 0 Å². The van der Waals surface area contributed by atoms with Crippen LogP contribution in [0.25, 0.3) is 0 Å². The molecule has 0 heterocycles. The van der Waals surface area contributed by atoms with Gasteiger partial charge in [-0.05, 0) is 35.6 Å². The standard InChI is InChI=1S/C16H17BrO/c1-12(11-13-7-9-15(17)10-8-13)16(18)14-5-3-2-4-6-14/h2-10,12,16,18H,11H2,1H3. The van der Waals surface area contributed by atoms with Gasteiger partial charge in [0.05, 0.1) is 6.10 Å². The second kappa shape index (κ2) is 6.17. The zero-order chi connectivity index (χ0) is 13.0. The summed E-state index contributed by atoms with van der Waals surface area (Å²) in [5.74, 6) is 0.202. The second-order valence-electron chi connectivity index (χ2n) is 4.66. The molecule has 0 fully saturated rings. The van der Waals surface area contributed by atoms with Crippen molar-refractivity contribution >= 4 is 15.9 Å². The zero-order valence-electron chi connectivity index (χ0n) is 10.4. The van der Waals surface area contributed by atoms with Crippen LogP contribution in [0.3, 0.4) is 0 Å². The highest BCUT2D eigenvalue weighted by atomic mass is 79.9. The van der Waals surface area contributed by atoms with Crippen LogP contribution in [0.4, 0.5) is 0 Å². The van der Waals surface area contributed by atoms with Crippen LogP contribution in [0.5, 0.6) is 0 Å². The lowest BCUT2D eigenvalue weighted by atomic mass is 9.91. The fourth-order valence-corrected chi connectivity index (χ4v) is 2.35. The Morgan fingerprint density at radius 3 is 2.22 bits per heavy atom. The fraction of sp³-hybridized carbons (Fsp3) is 0.250. The number of halogens is 1. The van der Waals surface area contributed by atoms with Gasteiger partial charge in [-0.2, -0.15) is 0 Å². The maximum Gasteiger partial charge on any atom is 0.0818 e. The van der Waals surface area contributed by atoms with Crippen molar-refractivity contribution in [2.75, 3.05) is 0 Å². The largest absolute Gasteiger partial charge is 0.388 e. The summed E-state index contributed by atoms with van der Waals surface area (Å²) in [6, 6.07) is 18.1. The van der Waals surface area contributed by atoms with Crippen LogP contribution < -0.4 is 0 Å². The highest BCUT2D eigenvalue weighted by Crippen LogP contribution is 2.25. The SMILES string of the molecule is CC(Cc1ccc(Br)cc1)C(O)c1ccccc1. The van der Waals surface area contributed by atoms with Gasteiger partial charge >= 0.3 is 0 Å². The molecule has 1 nitrogen and oxygen atoms in total. The van der Waals surface area contributed by atoms with E-state index >= 15 is 0 Å². The molecule has 2 unspecified atom stereocenters. The molecule has 1 N–H and O–H groups in total. The van der Waals surface area contributed by atoms with Crippen molar-refractivity contribution < 1.29 is 5.11 Å². The minimum absolute atomic E-state index is 0.202. The zero-order valence-corrected chi connectivity index (χ0v) is 12.0. The topological polar surface area (TPSA) is 20.2 Å². The summed E-state index contributed by atoms with van der Waals surface area (Å²) in [6.07, 6.45) is 0.471. The first kappa shape index (κ1) is 13.3. The molecule has 0 aliphatic rings. The fourth-order valence-electron chi connectivity index (χ4n) is 2.08. The second-order valence-corrected chi connectivity index (χ2v) is 5.58. The van der Waals surface area contributed by atoms with Gasteiger partial charge in [0.2, 0.25) is 0 Å². The molecular formula is C16H17BrO. The van der Waals surface area contributed by atoms with E-state index in [0.29, 0.717) is 0 Å². The average Bonchev–Trinajstić information content (AvgIpc) is 2.41. The van der Waals surface area contributed by atoms with Crippen molar-refractivity contribution in [3.8, 4) is 0 Å². The van der Waals surface area contributed by atoms with Crippen molar-refractivity contribution in [2.45, 2.75) is 19.4 Å². The molecule has 2 atom stereocenters. The number of rotatable bonds is 4. The highest BCUT2D eigenvalue weighted by Gasteiger charge is 2.16. The van der Waals surface area contributed by atoms with Crippen molar-refractivity contribution in [1.29, 1.82) is 0 Å². The Labute approximate surface area is 117 Å². The van der Waals surface area contributed by atoms with Crippen LogP contribution in [-0.4, -0.2) is 5.11 Å². The monoisotopic (exact) mass is 304 g/mol. The highest BCUT2D eigenvalue weighted by molar-refractivity contribution is 9.10. The molecule has 0 amide bonds. The maximum atomic E-state index is 10.3. The molecule has 2 heteroatoms.